The van der Waals surface area contributed by atoms with Crippen molar-refractivity contribution >= 4 is 12.1 Å². The third-order valence-electron chi connectivity index (χ3n) is 1.15. The molecular formula is C10H12O2. The number of carbonyl (C=O) groups excluding carboxylic acids is 2. The normalized spacial score (nSPS) is 9.08. The zero-order valence-corrected chi connectivity index (χ0v) is 7.17. The van der Waals surface area contributed by atoms with E-state index in [1.165, 1.54) is 13.0 Å². The molecule has 0 N–H and O–H groups in total. The van der Waals surface area contributed by atoms with Crippen molar-refractivity contribution in [3.8, 4) is 11.8 Å². The van der Waals surface area contributed by atoms with E-state index in [4.69, 9.17) is 0 Å². The fraction of sp³-hybridized carbons (Fsp3) is 0.400. The van der Waals surface area contributed by atoms with Crippen molar-refractivity contribution in [3.05, 3.63) is 12.2 Å². The van der Waals surface area contributed by atoms with Gasteiger partial charge in [-0.2, -0.15) is 0 Å². The van der Waals surface area contributed by atoms with Crippen LogP contribution in [0.25, 0.3) is 0 Å². The van der Waals surface area contributed by atoms with E-state index in [2.05, 4.69) is 11.8 Å². The van der Waals surface area contributed by atoms with Gasteiger partial charge in [-0.25, -0.2) is 0 Å². The van der Waals surface area contributed by atoms with Crippen LogP contribution >= 0.6 is 0 Å². The van der Waals surface area contributed by atoms with Crippen LogP contribution in [0.1, 0.15) is 26.2 Å². The third-order valence-corrected chi connectivity index (χ3v) is 1.15. The van der Waals surface area contributed by atoms with Crippen molar-refractivity contribution in [3.63, 3.8) is 0 Å². The molecule has 0 aromatic rings. The van der Waals surface area contributed by atoms with E-state index >= 15 is 0 Å². The molecule has 0 saturated heterocycles. The van der Waals surface area contributed by atoms with Gasteiger partial charge in [0.25, 0.3) is 0 Å². The van der Waals surface area contributed by atoms with Crippen molar-refractivity contribution in [2.75, 3.05) is 0 Å². The molecule has 0 bridgehead atoms. The van der Waals surface area contributed by atoms with E-state index in [0.717, 1.165) is 19.1 Å². The van der Waals surface area contributed by atoms with Gasteiger partial charge >= 0.3 is 0 Å². The van der Waals surface area contributed by atoms with Gasteiger partial charge in [0.1, 0.15) is 6.29 Å². The number of rotatable bonds is 4. The molecule has 0 amide bonds. The highest BCUT2D eigenvalue weighted by molar-refractivity contribution is 5.93. The molecule has 0 aliphatic rings. The van der Waals surface area contributed by atoms with Crippen molar-refractivity contribution < 1.29 is 9.59 Å². The minimum Gasteiger partial charge on any atom is -0.299 e. The highest BCUT2D eigenvalue weighted by atomic mass is 16.1. The molecule has 2 nitrogen and oxygen atoms in total. The Morgan fingerprint density at radius 1 is 1.50 bits per heavy atom. The van der Waals surface area contributed by atoms with Crippen molar-refractivity contribution in [2.45, 2.75) is 26.2 Å². The molecule has 0 unspecified atom stereocenters. The topological polar surface area (TPSA) is 34.1 Å². The van der Waals surface area contributed by atoms with Gasteiger partial charge in [0.2, 0.25) is 5.78 Å². The molecule has 0 rings (SSSR count). The average Bonchev–Trinajstić information content (AvgIpc) is 2.02. The van der Waals surface area contributed by atoms with Crippen molar-refractivity contribution in [1.29, 1.82) is 0 Å². The maximum absolute atomic E-state index is 10.3. The molecule has 0 radical (unpaired) electrons. The molecule has 0 atom stereocenters. The zero-order chi connectivity index (χ0) is 9.23. The molecule has 0 aromatic carbocycles. The average molecular weight is 164 g/mol. The van der Waals surface area contributed by atoms with Gasteiger partial charge < -0.3 is 0 Å². The molecule has 0 spiro atoms. The number of ketones is 1. The maximum Gasteiger partial charge on any atom is 0.202 e. The Kier molecular flexibility index (Phi) is 6.87. The van der Waals surface area contributed by atoms with Crippen LogP contribution in [-0.2, 0) is 9.59 Å². The minimum absolute atomic E-state index is 0.0987. The van der Waals surface area contributed by atoms with Crippen LogP contribution in [0, 0.1) is 11.8 Å². The van der Waals surface area contributed by atoms with Crippen LogP contribution in [0.3, 0.4) is 0 Å². The summed E-state index contributed by atoms with van der Waals surface area (Å²) in [4.78, 5) is 20.2. The molecular weight excluding hydrogens is 152 g/mol. The molecule has 0 aromatic heterocycles. The highest BCUT2D eigenvalue weighted by Crippen LogP contribution is 1.94. The summed E-state index contributed by atoms with van der Waals surface area (Å²) in [7, 11) is 0. The summed E-state index contributed by atoms with van der Waals surface area (Å²) in [6.07, 6.45) is 6.46. The number of unbranched alkanes of at least 4 members (excludes halogenated alkanes) is 2. The van der Waals surface area contributed by atoms with Crippen LogP contribution < -0.4 is 0 Å². The van der Waals surface area contributed by atoms with Gasteiger partial charge in [0.05, 0.1) is 0 Å². The number of hydrogen-bond acceptors (Lipinski definition) is 2. The van der Waals surface area contributed by atoms with Gasteiger partial charge in [-0.1, -0.05) is 12.0 Å². The first-order valence-corrected chi connectivity index (χ1v) is 3.87. The number of allylic oxidation sites excluding steroid dienone is 2. The fourth-order valence-electron chi connectivity index (χ4n) is 0.647. The van der Waals surface area contributed by atoms with Gasteiger partial charge in [-0.15, -0.1) is 0 Å². The zero-order valence-electron chi connectivity index (χ0n) is 7.17. The highest BCUT2D eigenvalue weighted by Gasteiger charge is 1.81. The lowest BCUT2D eigenvalue weighted by molar-refractivity contribution is -0.111. The SMILES string of the molecule is CC(=O)C#CCCC/C=C/C=O. The van der Waals surface area contributed by atoms with Gasteiger partial charge in [0, 0.05) is 13.3 Å². The molecule has 2 heteroatoms. The second-order valence-electron chi connectivity index (χ2n) is 2.31. The second-order valence-corrected chi connectivity index (χ2v) is 2.31. The van der Waals surface area contributed by atoms with Gasteiger partial charge in [-0.3, -0.25) is 9.59 Å². The maximum atomic E-state index is 10.3. The number of Topliss-reactive ketones (excluding diaryl/α,β-unsaturated/α-hetero) is 1. The van der Waals surface area contributed by atoms with E-state index < -0.39 is 0 Å². The molecule has 0 aliphatic heterocycles. The van der Waals surface area contributed by atoms with Crippen molar-refractivity contribution in [1.82, 2.24) is 0 Å². The standard InChI is InChI=1S/C10H12O2/c1-10(12)8-6-4-2-3-5-7-9-11/h5,7,9H,2-4H2,1H3/b7-5+. The minimum atomic E-state index is -0.0987. The first-order chi connectivity index (χ1) is 5.77. The summed E-state index contributed by atoms with van der Waals surface area (Å²) in [6, 6.07) is 0. The Morgan fingerprint density at radius 2 is 2.25 bits per heavy atom. The Morgan fingerprint density at radius 3 is 2.83 bits per heavy atom. The lowest BCUT2D eigenvalue weighted by Gasteiger charge is -1.84. The van der Waals surface area contributed by atoms with E-state index in [0.29, 0.717) is 6.42 Å². The Bertz CT molecular complexity index is 228. The monoisotopic (exact) mass is 164 g/mol. The van der Waals surface area contributed by atoms with E-state index in [-0.39, 0.29) is 5.78 Å². The summed E-state index contributed by atoms with van der Waals surface area (Å²) in [5, 5.41) is 0. The summed E-state index contributed by atoms with van der Waals surface area (Å²) in [5.74, 6) is 5.10. The third kappa shape index (κ3) is 8.64. The molecule has 64 valence electrons. The molecule has 0 aliphatic carbocycles. The van der Waals surface area contributed by atoms with Crippen LogP contribution in [-0.4, -0.2) is 12.1 Å². The van der Waals surface area contributed by atoms with Crippen LogP contribution in [0.15, 0.2) is 12.2 Å². The van der Waals surface area contributed by atoms with E-state index in [1.54, 1.807) is 6.08 Å². The lowest BCUT2D eigenvalue weighted by atomic mass is 10.2. The summed E-state index contributed by atoms with van der Waals surface area (Å²) in [6.45, 7) is 1.44. The fourth-order valence-corrected chi connectivity index (χ4v) is 0.647. The summed E-state index contributed by atoms with van der Waals surface area (Å²) < 4.78 is 0. The predicted octanol–water partition coefficient (Wildman–Crippen LogP) is 1.50. The Hall–Kier alpha value is -1.36. The van der Waals surface area contributed by atoms with Gasteiger partial charge in [0.15, 0.2) is 0 Å². The molecule has 0 fully saturated rings. The molecule has 0 heterocycles. The molecule has 0 saturated carbocycles. The van der Waals surface area contributed by atoms with E-state index in [1.807, 2.05) is 0 Å². The van der Waals surface area contributed by atoms with Crippen LogP contribution in [0.2, 0.25) is 0 Å². The van der Waals surface area contributed by atoms with E-state index in [9.17, 15) is 9.59 Å². The van der Waals surface area contributed by atoms with Crippen LogP contribution in [0.5, 0.6) is 0 Å². The smallest absolute Gasteiger partial charge is 0.202 e. The quantitative estimate of drug-likeness (QED) is 0.207. The summed E-state index contributed by atoms with van der Waals surface area (Å²) in [5.41, 5.74) is 0. The van der Waals surface area contributed by atoms with Crippen molar-refractivity contribution in [2.24, 2.45) is 0 Å². The largest absolute Gasteiger partial charge is 0.299 e. The molecule has 12 heavy (non-hydrogen) atoms. The Labute approximate surface area is 72.7 Å². The predicted molar refractivity (Wildman–Crippen MR) is 47.5 cm³/mol. The van der Waals surface area contributed by atoms with Crippen LogP contribution in [0.4, 0.5) is 0 Å². The number of carbonyl (C=O) groups is 2. The number of aldehydes is 1. The first kappa shape index (κ1) is 10.6. The lowest BCUT2D eigenvalue weighted by Crippen LogP contribution is -1.80. The first-order valence-electron chi connectivity index (χ1n) is 3.87. The Balaban J connectivity index is 3.34. The second kappa shape index (κ2) is 7.74. The van der Waals surface area contributed by atoms with Gasteiger partial charge in [-0.05, 0) is 24.8 Å². The summed E-state index contributed by atoms with van der Waals surface area (Å²) >= 11 is 0. The number of hydrogen-bond donors (Lipinski definition) is 0.